The topological polar surface area (TPSA) is 40.5 Å². The highest BCUT2D eigenvalue weighted by Crippen LogP contribution is 2.13. The van der Waals surface area contributed by atoms with Crippen LogP contribution in [0.5, 0.6) is 5.75 Å². The Bertz CT molecular complexity index is 454. The molecule has 0 aromatic carbocycles. The molecule has 0 fully saturated rings. The van der Waals surface area contributed by atoms with Gasteiger partial charge in [0, 0.05) is 38.5 Å². The molecule has 0 amide bonds. The van der Waals surface area contributed by atoms with Crippen LogP contribution in [0.15, 0.2) is 21.5 Å². The van der Waals surface area contributed by atoms with Crippen molar-refractivity contribution in [2.75, 3.05) is 13.4 Å². The Labute approximate surface area is 117 Å². The summed E-state index contributed by atoms with van der Waals surface area (Å²) >= 11 is 3.32. The maximum absolute atomic E-state index is 11.7. The summed E-state index contributed by atoms with van der Waals surface area (Å²) in [6.07, 6.45) is 1.70. The SMILES string of the molecule is Cn1cc(Br)cc(OCOCC[Si](C)(C)C)c1=O. The van der Waals surface area contributed by atoms with E-state index in [1.807, 2.05) is 0 Å². The van der Waals surface area contributed by atoms with Crippen LogP contribution in [0.2, 0.25) is 25.7 Å². The van der Waals surface area contributed by atoms with E-state index in [-0.39, 0.29) is 12.4 Å². The van der Waals surface area contributed by atoms with Gasteiger partial charge in [-0.1, -0.05) is 19.6 Å². The van der Waals surface area contributed by atoms with Gasteiger partial charge in [0.15, 0.2) is 12.5 Å². The van der Waals surface area contributed by atoms with Crippen LogP contribution in [-0.2, 0) is 11.8 Å². The highest BCUT2D eigenvalue weighted by atomic mass is 79.9. The molecule has 0 atom stereocenters. The zero-order valence-corrected chi connectivity index (χ0v) is 13.9. The molecule has 4 nitrogen and oxygen atoms in total. The summed E-state index contributed by atoms with van der Waals surface area (Å²) in [6, 6.07) is 2.75. The number of hydrogen-bond donors (Lipinski definition) is 0. The predicted molar refractivity (Wildman–Crippen MR) is 79.0 cm³/mol. The van der Waals surface area contributed by atoms with Crippen molar-refractivity contribution in [2.24, 2.45) is 7.05 Å². The third-order valence-corrected chi connectivity index (χ3v) is 4.55. The van der Waals surface area contributed by atoms with Crippen LogP contribution in [0.3, 0.4) is 0 Å². The highest BCUT2D eigenvalue weighted by Gasteiger charge is 2.12. The maximum atomic E-state index is 11.7. The van der Waals surface area contributed by atoms with Crippen molar-refractivity contribution in [3.63, 3.8) is 0 Å². The first-order chi connectivity index (χ1) is 8.29. The number of hydrogen-bond acceptors (Lipinski definition) is 3. The van der Waals surface area contributed by atoms with Gasteiger partial charge >= 0.3 is 0 Å². The molecule has 1 aromatic heterocycles. The molecule has 0 saturated heterocycles. The summed E-state index contributed by atoms with van der Waals surface area (Å²) in [5.41, 5.74) is -0.160. The van der Waals surface area contributed by atoms with Crippen LogP contribution in [0.1, 0.15) is 0 Å². The quantitative estimate of drug-likeness (QED) is 0.456. The lowest BCUT2D eigenvalue weighted by Gasteiger charge is -2.15. The molecule has 1 rings (SSSR count). The van der Waals surface area contributed by atoms with Crippen LogP contribution < -0.4 is 10.3 Å². The number of nitrogens with zero attached hydrogens (tertiary/aromatic N) is 1. The molecule has 0 radical (unpaired) electrons. The average molecular weight is 334 g/mol. The number of aromatic nitrogens is 1. The minimum Gasteiger partial charge on any atom is -0.462 e. The van der Waals surface area contributed by atoms with Crippen molar-refractivity contribution in [2.45, 2.75) is 25.7 Å². The van der Waals surface area contributed by atoms with Gasteiger partial charge in [0.2, 0.25) is 0 Å². The van der Waals surface area contributed by atoms with Gasteiger partial charge in [-0.05, 0) is 22.0 Å². The Morgan fingerprint density at radius 1 is 1.39 bits per heavy atom. The van der Waals surface area contributed by atoms with E-state index >= 15 is 0 Å². The summed E-state index contributed by atoms with van der Waals surface area (Å²) in [5.74, 6) is 0.305. The van der Waals surface area contributed by atoms with Gasteiger partial charge in [-0.15, -0.1) is 0 Å². The second kappa shape index (κ2) is 6.54. The summed E-state index contributed by atoms with van der Waals surface area (Å²) in [4.78, 5) is 11.7. The standard InChI is InChI=1S/C12H20BrNO3Si/c1-14-8-10(13)7-11(12(14)15)17-9-16-5-6-18(2,3)4/h7-8H,5-6,9H2,1-4H3. The van der Waals surface area contributed by atoms with E-state index in [0.717, 1.165) is 10.5 Å². The van der Waals surface area contributed by atoms with E-state index in [1.165, 1.54) is 4.57 Å². The number of aryl methyl sites for hydroxylation is 1. The maximum Gasteiger partial charge on any atom is 0.292 e. The minimum absolute atomic E-state index is 0.121. The monoisotopic (exact) mass is 333 g/mol. The van der Waals surface area contributed by atoms with Crippen LogP contribution in [0.25, 0.3) is 0 Å². The first-order valence-corrected chi connectivity index (χ1v) is 10.4. The largest absolute Gasteiger partial charge is 0.462 e. The summed E-state index contributed by atoms with van der Waals surface area (Å²) in [7, 11) is 0.617. The van der Waals surface area contributed by atoms with E-state index < -0.39 is 8.07 Å². The third-order valence-electron chi connectivity index (χ3n) is 2.41. The number of halogens is 1. The van der Waals surface area contributed by atoms with E-state index in [0.29, 0.717) is 12.4 Å². The number of ether oxygens (including phenoxy) is 2. The van der Waals surface area contributed by atoms with E-state index in [2.05, 4.69) is 35.6 Å². The second-order valence-corrected chi connectivity index (χ2v) is 12.0. The molecule has 1 aromatic rings. The first kappa shape index (κ1) is 15.5. The molecule has 0 bridgehead atoms. The van der Waals surface area contributed by atoms with Crippen LogP contribution >= 0.6 is 15.9 Å². The van der Waals surface area contributed by atoms with Gasteiger partial charge in [0.05, 0.1) is 0 Å². The molecule has 6 heteroatoms. The van der Waals surface area contributed by atoms with Gasteiger partial charge in [-0.3, -0.25) is 4.79 Å². The van der Waals surface area contributed by atoms with Gasteiger partial charge < -0.3 is 14.0 Å². The van der Waals surface area contributed by atoms with Crippen LogP contribution in [0.4, 0.5) is 0 Å². The Morgan fingerprint density at radius 3 is 2.67 bits per heavy atom. The van der Waals surface area contributed by atoms with Gasteiger partial charge in [0.1, 0.15) is 0 Å². The summed E-state index contributed by atoms with van der Waals surface area (Å²) < 4.78 is 13.0. The lowest BCUT2D eigenvalue weighted by atomic mass is 10.4. The van der Waals surface area contributed by atoms with Crippen molar-refractivity contribution in [3.05, 3.63) is 27.1 Å². The van der Waals surface area contributed by atoms with Crippen molar-refractivity contribution in [3.8, 4) is 5.75 Å². The van der Waals surface area contributed by atoms with Crippen LogP contribution in [0, 0.1) is 0 Å². The fourth-order valence-corrected chi connectivity index (χ4v) is 2.56. The van der Waals surface area contributed by atoms with Gasteiger partial charge in [-0.25, -0.2) is 0 Å². The zero-order chi connectivity index (χ0) is 13.8. The van der Waals surface area contributed by atoms with Crippen molar-refractivity contribution in [1.29, 1.82) is 0 Å². The van der Waals surface area contributed by atoms with Crippen LogP contribution in [-0.4, -0.2) is 26.0 Å². The average Bonchev–Trinajstić information content (AvgIpc) is 2.22. The lowest BCUT2D eigenvalue weighted by molar-refractivity contribution is 0.0209. The molecule has 1 heterocycles. The Hall–Kier alpha value is -0.593. The minimum atomic E-state index is -1.07. The highest BCUT2D eigenvalue weighted by molar-refractivity contribution is 9.10. The molecule has 0 spiro atoms. The molecule has 0 saturated carbocycles. The number of rotatable bonds is 6. The van der Waals surface area contributed by atoms with Crippen molar-refractivity contribution in [1.82, 2.24) is 4.57 Å². The molecule has 0 aliphatic rings. The predicted octanol–water partition coefficient (Wildman–Crippen LogP) is 2.84. The van der Waals surface area contributed by atoms with E-state index in [4.69, 9.17) is 9.47 Å². The Morgan fingerprint density at radius 2 is 2.06 bits per heavy atom. The summed E-state index contributed by atoms with van der Waals surface area (Å²) in [5, 5.41) is 0. The molecular formula is C12H20BrNO3Si. The van der Waals surface area contributed by atoms with E-state index in [9.17, 15) is 4.79 Å². The molecule has 0 unspecified atom stereocenters. The normalized spacial score (nSPS) is 11.6. The fraction of sp³-hybridized carbons (Fsp3) is 0.583. The number of pyridine rings is 1. The van der Waals surface area contributed by atoms with E-state index in [1.54, 1.807) is 19.3 Å². The van der Waals surface area contributed by atoms with Gasteiger partial charge in [-0.2, -0.15) is 0 Å². The Kier molecular flexibility index (Phi) is 5.62. The smallest absolute Gasteiger partial charge is 0.292 e. The lowest BCUT2D eigenvalue weighted by Crippen LogP contribution is -2.23. The van der Waals surface area contributed by atoms with Crippen molar-refractivity contribution >= 4 is 24.0 Å². The summed E-state index contributed by atoms with van der Waals surface area (Å²) in [6.45, 7) is 7.68. The molecule has 0 N–H and O–H groups in total. The third kappa shape index (κ3) is 5.37. The molecule has 102 valence electrons. The second-order valence-electron chi connectivity index (χ2n) is 5.42. The first-order valence-electron chi connectivity index (χ1n) is 5.86. The Balaban J connectivity index is 2.43. The molecule has 0 aliphatic carbocycles. The molecular weight excluding hydrogens is 314 g/mol. The molecule has 0 aliphatic heterocycles. The van der Waals surface area contributed by atoms with Gasteiger partial charge in [0.25, 0.3) is 5.56 Å². The van der Waals surface area contributed by atoms with Crippen molar-refractivity contribution < 1.29 is 9.47 Å². The zero-order valence-electron chi connectivity index (χ0n) is 11.3. The fourth-order valence-electron chi connectivity index (χ4n) is 1.29. The molecule has 18 heavy (non-hydrogen) atoms.